The fourth-order valence-corrected chi connectivity index (χ4v) is 2.80. The van der Waals surface area contributed by atoms with Crippen molar-refractivity contribution in [2.45, 2.75) is 19.0 Å². The van der Waals surface area contributed by atoms with Gasteiger partial charge in [-0.2, -0.15) is 5.26 Å². The van der Waals surface area contributed by atoms with Crippen LogP contribution in [0.25, 0.3) is 11.1 Å². The predicted molar refractivity (Wildman–Crippen MR) is 84.9 cm³/mol. The molecule has 1 heterocycles. The molecule has 2 N–H and O–H groups in total. The molecule has 0 unspecified atom stereocenters. The first-order valence-corrected chi connectivity index (χ1v) is 7.32. The number of rotatable bonds is 3. The average Bonchev–Trinajstić information content (AvgIpc) is 2.83. The number of nitrogens with two attached hydrogens (primary N) is 1. The van der Waals surface area contributed by atoms with Crippen LogP contribution in [0.15, 0.2) is 36.4 Å². The van der Waals surface area contributed by atoms with E-state index in [2.05, 4.69) is 0 Å². The molecule has 1 atom stereocenters. The van der Waals surface area contributed by atoms with Gasteiger partial charge in [-0.25, -0.2) is 4.39 Å². The summed E-state index contributed by atoms with van der Waals surface area (Å²) in [7, 11) is 1.76. The van der Waals surface area contributed by atoms with E-state index in [4.69, 9.17) is 11.0 Å². The van der Waals surface area contributed by atoms with Crippen LogP contribution in [0, 0.1) is 17.1 Å². The summed E-state index contributed by atoms with van der Waals surface area (Å²) in [5, 5.41) is 8.72. The Kier molecular flexibility index (Phi) is 3.85. The number of amides is 1. The van der Waals surface area contributed by atoms with E-state index in [1.165, 1.54) is 6.07 Å². The molecule has 0 saturated carbocycles. The second-order valence-electron chi connectivity index (χ2n) is 5.78. The number of hydrogen-bond acceptors (Lipinski definition) is 3. The Labute approximate surface area is 133 Å². The lowest BCUT2D eigenvalue weighted by Gasteiger charge is -2.08. The Hall–Kier alpha value is -2.71. The van der Waals surface area contributed by atoms with Crippen molar-refractivity contribution >= 4 is 5.91 Å². The van der Waals surface area contributed by atoms with E-state index in [1.807, 2.05) is 18.2 Å². The molecule has 0 aromatic heterocycles. The zero-order valence-electron chi connectivity index (χ0n) is 12.7. The van der Waals surface area contributed by atoms with Gasteiger partial charge in [-0.15, -0.1) is 0 Å². The summed E-state index contributed by atoms with van der Waals surface area (Å²) in [5.41, 5.74) is 9.10. The number of benzene rings is 2. The lowest BCUT2D eigenvalue weighted by atomic mass is 9.98. The fraction of sp³-hybridized carbons (Fsp3) is 0.222. The van der Waals surface area contributed by atoms with Crippen molar-refractivity contribution in [1.29, 1.82) is 5.26 Å². The van der Waals surface area contributed by atoms with E-state index < -0.39 is 11.9 Å². The highest BCUT2D eigenvalue weighted by Crippen LogP contribution is 2.28. The minimum atomic E-state index is -0.719. The van der Waals surface area contributed by atoms with Gasteiger partial charge in [0.15, 0.2) is 0 Å². The summed E-state index contributed by atoms with van der Waals surface area (Å²) < 4.78 is 14.2. The monoisotopic (exact) mass is 309 g/mol. The van der Waals surface area contributed by atoms with Crippen LogP contribution in [0.2, 0.25) is 0 Å². The molecule has 1 aliphatic heterocycles. The van der Waals surface area contributed by atoms with Gasteiger partial charge in [0.25, 0.3) is 5.91 Å². The molecule has 4 nitrogen and oxygen atoms in total. The van der Waals surface area contributed by atoms with Gasteiger partial charge >= 0.3 is 0 Å². The van der Waals surface area contributed by atoms with Crippen LogP contribution >= 0.6 is 0 Å². The molecule has 0 aliphatic carbocycles. The number of nitrogens with zero attached hydrogens (tertiary/aromatic N) is 2. The maximum absolute atomic E-state index is 14.2. The topological polar surface area (TPSA) is 70.1 Å². The molecule has 5 heteroatoms. The fourth-order valence-electron chi connectivity index (χ4n) is 2.80. The zero-order valence-corrected chi connectivity index (χ0v) is 12.7. The second-order valence-corrected chi connectivity index (χ2v) is 5.78. The Morgan fingerprint density at radius 3 is 2.70 bits per heavy atom. The lowest BCUT2D eigenvalue weighted by Crippen LogP contribution is -2.20. The Bertz CT molecular complexity index is 826. The largest absolute Gasteiger partial charge is 0.337 e. The molecule has 116 valence electrons. The number of halogens is 1. The van der Waals surface area contributed by atoms with Gasteiger partial charge < -0.3 is 10.6 Å². The summed E-state index contributed by atoms with van der Waals surface area (Å²) in [6.07, 6.45) is 0.177. The number of fused-ring (bicyclic) bond motifs is 1. The van der Waals surface area contributed by atoms with Crippen LogP contribution in [0.1, 0.15) is 21.5 Å². The maximum atomic E-state index is 14.2. The molecule has 0 bridgehead atoms. The first kappa shape index (κ1) is 15.2. The van der Waals surface area contributed by atoms with Crippen molar-refractivity contribution in [3.05, 3.63) is 58.9 Å². The van der Waals surface area contributed by atoms with Gasteiger partial charge in [-0.3, -0.25) is 4.79 Å². The molecule has 0 fully saturated rings. The summed E-state index contributed by atoms with van der Waals surface area (Å²) in [5.74, 6) is -0.406. The summed E-state index contributed by atoms with van der Waals surface area (Å²) in [4.78, 5) is 13.7. The van der Waals surface area contributed by atoms with Crippen molar-refractivity contribution < 1.29 is 9.18 Å². The first-order chi connectivity index (χ1) is 11.0. The van der Waals surface area contributed by atoms with Crippen LogP contribution < -0.4 is 5.73 Å². The third-order valence-corrected chi connectivity index (χ3v) is 4.09. The van der Waals surface area contributed by atoms with Crippen molar-refractivity contribution in [2.75, 3.05) is 7.05 Å². The van der Waals surface area contributed by atoms with Gasteiger partial charge in [0, 0.05) is 25.6 Å². The van der Waals surface area contributed by atoms with E-state index in [-0.39, 0.29) is 12.3 Å². The quantitative estimate of drug-likeness (QED) is 0.947. The van der Waals surface area contributed by atoms with Gasteiger partial charge in [0.2, 0.25) is 0 Å². The van der Waals surface area contributed by atoms with Crippen LogP contribution in [-0.4, -0.2) is 23.9 Å². The third kappa shape index (κ3) is 2.81. The maximum Gasteiger partial charge on any atom is 0.254 e. The highest BCUT2D eigenvalue weighted by molar-refractivity contribution is 5.99. The van der Waals surface area contributed by atoms with E-state index in [0.29, 0.717) is 23.2 Å². The van der Waals surface area contributed by atoms with Gasteiger partial charge in [-0.05, 0) is 34.4 Å². The molecular formula is C18H16FN3O. The second kappa shape index (κ2) is 5.82. The van der Waals surface area contributed by atoms with Gasteiger partial charge in [0.05, 0.1) is 12.1 Å². The number of carbonyl (C=O) groups excluding carboxylic acids is 1. The SMILES string of the molecule is CN1Cc2ccc(-c3ccc(C[C@H](N)C#N)c(F)c3)cc2C1=O. The highest BCUT2D eigenvalue weighted by Gasteiger charge is 2.24. The predicted octanol–water partition coefficient (Wildman–Crippen LogP) is 2.47. The minimum absolute atomic E-state index is 0.0149. The third-order valence-electron chi connectivity index (χ3n) is 4.09. The number of nitriles is 1. The van der Waals surface area contributed by atoms with Crippen molar-refractivity contribution in [2.24, 2.45) is 5.73 Å². The Balaban J connectivity index is 1.93. The minimum Gasteiger partial charge on any atom is -0.337 e. The lowest BCUT2D eigenvalue weighted by molar-refractivity contribution is 0.0816. The highest BCUT2D eigenvalue weighted by atomic mass is 19.1. The van der Waals surface area contributed by atoms with Gasteiger partial charge in [-0.1, -0.05) is 24.3 Å². The summed E-state index contributed by atoms with van der Waals surface area (Å²) in [6, 6.07) is 11.6. The van der Waals surface area contributed by atoms with Crippen molar-refractivity contribution in [1.82, 2.24) is 4.90 Å². The van der Waals surface area contributed by atoms with Gasteiger partial charge in [0.1, 0.15) is 5.82 Å². The molecule has 0 spiro atoms. The molecule has 0 radical (unpaired) electrons. The Morgan fingerprint density at radius 2 is 2.00 bits per heavy atom. The first-order valence-electron chi connectivity index (χ1n) is 7.32. The number of hydrogen-bond donors (Lipinski definition) is 1. The van der Waals surface area contributed by atoms with Crippen LogP contribution in [0.5, 0.6) is 0 Å². The molecule has 23 heavy (non-hydrogen) atoms. The molecule has 3 rings (SSSR count). The molecule has 2 aromatic carbocycles. The molecule has 1 amide bonds. The van der Waals surface area contributed by atoms with Crippen LogP contribution in [-0.2, 0) is 13.0 Å². The normalized spacial score (nSPS) is 14.5. The average molecular weight is 309 g/mol. The smallest absolute Gasteiger partial charge is 0.254 e. The van der Waals surface area contributed by atoms with Crippen molar-refractivity contribution in [3.8, 4) is 17.2 Å². The Morgan fingerprint density at radius 1 is 1.30 bits per heavy atom. The van der Waals surface area contributed by atoms with E-state index in [1.54, 1.807) is 30.1 Å². The molecule has 0 saturated heterocycles. The van der Waals surface area contributed by atoms with E-state index >= 15 is 0 Å². The molecule has 1 aliphatic rings. The van der Waals surface area contributed by atoms with E-state index in [9.17, 15) is 9.18 Å². The summed E-state index contributed by atoms with van der Waals surface area (Å²) >= 11 is 0. The van der Waals surface area contributed by atoms with E-state index in [0.717, 1.165) is 11.1 Å². The summed E-state index contributed by atoms with van der Waals surface area (Å²) in [6.45, 7) is 0.605. The van der Waals surface area contributed by atoms with Crippen LogP contribution in [0.4, 0.5) is 4.39 Å². The molecular weight excluding hydrogens is 293 g/mol. The van der Waals surface area contributed by atoms with Crippen molar-refractivity contribution in [3.63, 3.8) is 0 Å². The number of carbonyl (C=O) groups is 1. The van der Waals surface area contributed by atoms with Crippen LogP contribution in [0.3, 0.4) is 0 Å². The zero-order chi connectivity index (χ0) is 16.6. The molecule has 2 aromatic rings. The standard InChI is InChI=1S/C18H16FN3O/c1-22-10-14-5-3-11(7-16(14)18(22)23)12-2-4-13(17(19)8-12)6-15(21)9-20/h2-5,7-8,15H,6,10,21H2,1H3/t15-/m0/s1.